The second-order valence-electron chi connectivity index (χ2n) is 4.14. The molecule has 2 aromatic rings. The summed E-state index contributed by atoms with van der Waals surface area (Å²) in [7, 11) is 0. The van der Waals surface area contributed by atoms with Crippen LogP contribution in [0.4, 0.5) is 8.78 Å². The van der Waals surface area contributed by atoms with Crippen molar-refractivity contribution in [3.8, 4) is 0 Å². The fraction of sp³-hybridized carbons (Fsp3) is 0.286. The summed E-state index contributed by atoms with van der Waals surface area (Å²) in [5.74, 6) is -1.08. The Hall–Kier alpha value is -1.26. The summed E-state index contributed by atoms with van der Waals surface area (Å²) in [6, 6.07) is 7.51. The Balaban J connectivity index is 2.40. The average molecular weight is 267 g/mol. The molecule has 0 spiro atoms. The van der Waals surface area contributed by atoms with Gasteiger partial charge < -0.3 is 5.32 Å². The van der Waals surface area contributed by atoms with Gasteiger partial charge in [0.25, 0.3) is 0 Å². The van der Waals surface area contributed by atoms with E-state index in [9.17, 15) is 8.78 Å². The van der Waals surface area contributed by atoms with Crippen molar-refractivity contribution in [1.29, 1.82) is 0 Å². The van der Waals surface area contributed by atoms with Gasteiger partial charge in [-0.25, -0.2) is 8.78 Å². The first-order valence-corrected chi connectivity index (χ1v) is 6.67. The summed E-state index contributed by atoms with van der Waals surface area (Å²) in [5, 5.41) is 3.26. The topological polar surface area (TPSA) is 12.0 Å². The number of thiophene rings is 1. The van der Waals surface area contributed by atoms with Crippen LogP contribution in [0.15, 0.2) is 30.3 Å². The van der Waals surface area contributed by atoms with Crippen molar-refractivity contribution in [3.63, 3.8) is 0 Å². The number of benzene rings is 1. The van der Waals surface area contributed by atoms with Crippen molar-refractivity contribution in [2.24, 2.45) is 0 Å². The molecule has 0 saturated heterocycles. The minimum absolute atomic E-state index is 0.154. The molecule has 0 saturated carbocycles. The van der Waals surface area contributed by atoms with Gasteiger partial charge in [-0.1, -0.05) is 6.92 Å². The monoisotopic (exact) mass is 267 g/mol. The van der Waals surface area contributed by atoms with E-state index >= 15 is 0 Å². The van der Waals surface area contributed by atoms with Gasteiger partial charge in [-0.2, -0.15) is 0 Å². The van der Waals surface area contributed by atoms with Crippen molar-refractivity contribution in [2.45, 2.75) is 19.9 Å². The van der Waals surface area contributed by atoms with Gasteiger partial charge in [0.05, 0.1) is 6.04 Å². The van der Waals surface area contributed by atoms with Crippen LogP contribution in [0.25, 0.3) is 0 Å². The SMILES string of the molecule is CCNC(c1cc(F)cc(F)c1)c1ccc(C)s1. The zero-order chi connectivity index (χ0) is 13.1. The molecule has 1 aromatic carbocycles. The van der Waals surface area contributed by atoms with Crippen LogP contribution in [0.2, 0.25) is 0 Å². The third-order valence-electron chi connectivity index (χ3n) is 2.67. The molecule has 1 nitrogen and oxygen atoms in total. The fourth-order valence-electron chi connectivity index (χ4n) is 1.94. The molecular weight excluding hydrogens is 252 g/mol. The van der Waals surface area contributed by atoms with E-state index in [0.717, 1.165) is 17.5 Å². The van der Waals surface area contributed by atoms with Crippen LogP contribution in [-0.2, 0) is 0 Å². The lowest BCUT2D eigenvalue weighted by atomic mass is 10.0. The highest BCUT2D eigenvalue weighted by molar-refractivity contribution is 7.12. The van der Waals surface area contributed by atoms with Gasteiger partial charge in [-0.15, -0.1) is 11.3 Å². The van der Waals surface area contributed by atoms with E-state index in [0.29, 0.717) is 5.56 Å². The van der Waals surface area contributed by atoms with Crippen LogP contribution in [0, 0.1) is 18.6 Å². The lowest BCUT2D eigenvalue weighted by molar-refractivity contribution is 0.567. The second kappa shape index (κ2) is 5.59. The predicted molar refractivity (Wildman–Crippen MR) is 70.9 cm³/mol. The van der Waals surface area contributed by atoms with Gasteiger partial charge >= 0.3 is 0 Å². The fourth-order valence-corrected chi connectivity index (χ4v) is 2.92. The molecule has 96 valence electrons. The number of aryl methyl sites for hydroxylation is 1. The van der Waals surface area contributed by atoms with Gasteiger partial charge in [-0.05, 0) is 43.3 Å². The number of hydrogen-bond acceptors (Lipinski definition) is 2. The molecule has 0 bridgehead atoms. The normalized spacial score (nSPS) is 12.7. The van der Waals surface area contributed by atoms with E-state index in [1.807, 2.05) is 26.0 Å². The Morgan fingerprint density at radius 3 is 2.33 bits per heavy atom. The molecule has 1 atom stereocenters. The highest BCUT2D eigenvalue weighted by Crippen LogP contribution is 2.29. The molecule has 18 heavy (non-hydrogen) atoms. The van der Waals surface area contributed by atoms with E-state index in [1.54, 1.807) is 11.3 Å². The molecule has 4 heteroatoms. The summed E-state index contributed by atoms with van der Waals surface area (Å²) in [5.41, 5.74) is 0.621. The smallest absolute Gasteiger partial charge is 0.126 e. The van der Waals surface area contributed by atoms with Crippen molar-refractivity contribution in [2.75, 3.05) is 6.54 Å². The summed E-state index contributed by atoms with van der Waals surface area (Å²) in [4.78, 5) is 2.25. The molecule has 0 fully saturated rings. The van der Waals surface area contributed by atoms with E-state index in [1.165, 1.54) is 17.0 Å². The zero-order valence-electron chi connectivity index (χ0n) is 10.3. The van der Waals surface area contributed by atoms with Crippen molar-refractivity contribution >= 4 is 11.3 Å². The molecule has 1 aromatic heterocycles. The lowest BCUT2D eigenvalue weighted by Gasteiger charge is -2.17. The van der Waals surface area contributed by atoms with Gasteiger partial charge in [0, 0.05) is 15.8 Å². The number of rotatable bonds is 4. The third-order valence-corrected chi connectivity index (χ3v) is 3.74. The average Bonchev–Trinajstić information content (AvgIpc) is 2.71. The molecule has 0 amide bonds. The summed E-state index contributed by atoms with van der Waals surface area (Å²) in [6.07, 6.45) is 0. The number of halogens is 2. The first kappa shape index (κ1) is 13.2. The summed E-state index contributed by atoms with van der Waals surface area (Å²) in [6.45, 7) is 4.73. The number of nitrogens with one attached hydrogen (secondary N) is 1. The van der Waals surface area contributed by atoms with Crippen LogP contribution < -0.4 is 5.32 Å². The summed E-state index contributed by atoms with van der Waals surface area (Å²) < 4.78 is 26.6. The second-order valence-corrected chi connectivity index (χ2v) is 5.46. The highest BCUT2D eigenvalue weighted by atomic mass is 32.1. The van der Waals surface area contributed by atoms with Gasteiger partial charge in [0.1, 0.15) is 11.6 Å². The molecule has 1 N–H and O–H groups in total. The maximum atomic E-state index is 13.3. The molecule has 0 aliphatic carbocycles. The maximum absolute atomic E-state index is 13.3. The van der Waals surface area contributed by atoms with E-state index in [2.05, 4.69) is 5.32 Å². The van der Waals surface area contributed by atoms with Crippen LogP contribution >= 0.6 is 11.3 Å². The molecule has 1 heterocycles. The molecule has 0 radical (unpaired) electrons. The largest absolute Gasteiger partial charge is 0.306 e. The van der Waals surface area contributed by atoms with Crippen molar-refractivity contribution in [1.82, 2.24) is 5.32 Å². The van der Waals surface area contributed by atoms with E-state index in [4.69, 9.17) is 0 Å². The predicted octanol–water partition coefficient (Wildman–Crippen LogP) is 4.03. The van der Waals surface area contributed by atoms with Crippen LogP contribution in [0.5, 0.6) is 0 Å². The van der Waals surface area contributed by atoms with Crippen molar-refractivity contribution < 1.29 is 8.78 Å². The first-order valence-electron chi connectivity index (χ1n) is 5.86. The minimum atomic E-state index is -0.541. The van der Waals surface area contributed by atoms with E-state index in [-0.39, 0.29) is 6.04 Å². The number of hydrogen-bond donors (Lipinski definition) is 1. The molecule has 2 rings (SSSR count). The molecule has 1 unspecified atom stereocenters. The van der Waals surface area contributed by atoms with Crippen LogP contribution in [0.1, 0.15) is 28.3 Å². The molecule has 0 aliphatic rings. The minimum Gasteiger partial charge on any atom is -0.306 e. The lowest BCUT2D eigenvalue weighted by Crippen LogP contribution is -2.21. The Labute approximate surface area is 109 Å². The Kier molecular flexibility index (Phi) is 4.09. The zero-order valence-corrected chi connectivity index (χ0v) is 11.2. The van der Waals surface area contributed by atoms with Gasteiger partial charge in [0.2, 0.25) is 0 Å². The highest BCUT2D eigenvalue weighted by Gasteiger charge is 2.16. The van der Waals surface area contributed by atoms with Crippen LogP contribution in [-0.4, -0.2) is 6.54 Å². The first-order chi connectivity index (χ1) is 8.60. The standard InChI is InChI=1S/C14H15F2NS/c1-3-17-14(13-5-4-9(2)18-13)10-6-11(15)8-12(16)7-10/h4-8,14,17H,3H2,1-2H3. The Morgan fingerprint density at radius 2 is 1.83 bits per heavy atom. The van der Waals surface area contributed by atoms with Crippen molar-refractivity contribution in [3.05, 3.63) is 57.3 Å². The van der Waals surface area contributed by atoms with Crippen LogP contribution in [0.3, 0.4) is 0 Å². The quantitative estimate of drug-likeness (QED) is 0.881. The maximum Gasteiger partial charge on any atom is 0.126 e. The summed E-state index contributed by atoms with van der Waals surface area (Å²) >= 11 is 1.63. The Morgan fingerprint density at radius 1 is 1.17 bits per heavy atom. The van der Waals surface area contributed by atoms with E-state index < -0.39 is 11.6 Å². The van der Waals surface area contributed by atoms with Gasteiger partial charge in [-0.3, -0.25) is 0 Å². The Bertz CT molecular complexity index is 516. The van der Waals surface area contributed by atoms with Gasteiger partial charge in [0.15, 0.2) is 0 Å². The molecule has 0 aliphatic heterocycles. The third kappa shape index (κ3) is 2.94. The molecular formula is C14H15F2NS.